The molecule has 0 bridgehead atoms. The van der Waals surface area contributed by atoms with Crippen LogP contribution in [0.2, 0.25) is 0 Å². The van der Waals surface area contributed by atoms with Crippen molar-refractivity contribution >= 4 is 6.21 Å². The van der Waals surface area contributed by atoms with Crippen molar-refractivity contribution in [1.82, 2.24) is 0 Å². The molecule has 0 rings (SSSR count). The number of halogens is 3. The van der Waals surface area contributed by atoms with Gasteiger partial charge in [-0.3, -0.25) is 4.99 Å². The Bertz CT molecular complexity index is 128. The van der Waals surface area contributed by atoms with Crippen molar-refractivity contribution in [3.63, 3.8) is 0 Å². The highest BCUT2D eigenvalue weighted by atomic mass is 19.4. The minimum atomic E-state index is -4.26. The van der Waals surface area contributed by atoms with E-state index in [1.807, 2.05) is 6.92 Å². The molecule has 11 heavy (non-hydrogen) atoms. The molecule has 0 fully saturated rings. The zero-order valence-electron chi connectivity index (χ0n) is 6.65. The Hall–Kier alpha value is -0.540. The van der Waals surface area contributed by atoms with Crippen LogP contribution in [0.15, 0.2) is 4.99 Å². The van der Waals surface area contributed by atoms with Crippen LogP contribution in [0.5, 0.6) is 0 Å². The first kappa shape index (κ1) is 10.5. The number of rotatable bonds is 3. The molecule has 66 valence electrons. The second kappa shape index (κ2) is 4.36. The first-order valence-electron chi connectivity index (χ1n) is 3.56. The second-order valence-electron chi connectivity index (χ2n) is 2.46. The third kappa shape index (κ3) is 7.36. The minimum Gasteiger partial charge on any atom is -0.285 e. The summed E-state index contributed by atoms with van der Waals surface area (Å²) in [6, 6.07) is -0.221. The molecule has 0 spiro atoms. The lowest BCUT2D eigenvalue weighted by Gasteiger charge is -2.03. The molecule has 0 aromatic heterocycles. The molecule has 0 aliphatic rings. The quantitative estimate of drug-likeness (QED) is 0.573. The van der Waals surface area contributed by atoms with Gasteiger partial charge in [0.15, 0.2) is 0 Å². The number of aliphatic imine (C=N–C) groups is 1. The summed E-state index contributed by atoms with van der Waals surface area (Å²) in [5.74, 6) is 0. The monoisotopic (exact) mass is 167 g/mol. The standard InChI is InChI=1S/C7H12F3N/c1-3-4-6(2)11-5-7(8,9)10/h5-6H,3-4H2,1-2H3. The molecule has 0 saturated heterocycles. The molecule has 0 heterocycles. The molecule has 4 heteroatoms. The molecule has 0 N–H and O–H groups in total. The van der Waals surface area contributed by atoms with Gasteiger partial charge in [-0.1, -0.05) is 13.3 Å². The van der Waals surface area contributed by atoms with Crippen molar-refractivity contribution in [2.75, 3.05) is 0 Å². The first-order chi connectivity index (χ1) is 4.95. The van der Waals surface area contributed by atoms with Crippen LogP contribution in [0, 0.1) is 0 Å². The topological polar surface area (TPSA) is 12.4 Å². The highest BCUT2D eigenvalue weighted by Gasteiger charge is 2.23. The van der Waals surface area contributed by atoms with Gasteiger partial charge < -0.3 is 0 Å². The number of hydrogen-bond acceptors (Lipinski definition) is 1. The van der Waals surface area contributed by atoms with E-state index < -0.39 is 6.18 Å². The van der Waals surface area contributed by atoms with Crippen LogP contribution in [0.4, 0.5) is 13.2 Å². The summed E-state index contributed by atoms with van der Waals surface area (Å²) in [6.45, 7) is 3.59. The summed E-state index contributed by atoms with van der Waals surface area (Å²) in [6.07, 6.45) is -2.64. The molecule has 1 nitrogen and oxygen atoms in total. The van der Waals surface area contributed by atoms with Crippen molar-refractivity contribution in [2.45, 2.75) is 38.9 Å². The Morgan fingerprint density at radius 1 is 1.45 bits per heavy atom. The molecule has 1 atom stereocenters. The Morgan fingerprint density at radius 3 is 2.36 bits per heavy atom. The minimum absolute atomic E-state index is 0.0628. The van der Waals surface area contributed by atoms with Gasteiger partial charge in [0.2, 0.25) is 0 Å². The van der Waals surface area contributed by atoms with Gasteiger partial charge in [0, 0.05) is 6.04 Å². The molecule has 0 aliphatic carbocycles. The van der Waals surface area contributed by atoms with Crippen molar-refractivity contribution in [3.05, 3.63) is 0 Å². The lowest BCUT2D eigenvalue weighted by Crippen LogP contribution is -2.11. The first-order valence-corrected chi connectivity index (χ1v) is 3.56. The Kier molecular flexibility index (Phi) is 4.15. The van der Waals surface area contributed by atoms with E-state index in [2.05, 4.69) is 4.99 Å². The van der Waals surface area contributed by atoms with E-state index in [-0.39, 0.29) is 12.3 Å². The predicted molar refractivity (Wildman–Crippen MR) is 38.9 cm³/mol. The van der Waals surface area contributed by atoms with Crippen LogP contribution in [0.1, 0.15) is 26.7 Å². The molecular formula is C7H12F3N. The van der Waals surface area contributed by atoms with Gasteiger partial charge in [0.05, 0.1) is 0 Å². The van der Waals surface area contributed by atoms with Crippen LogP contribution < -0.4 is 0 Å². The SMILES string of the molecule is CCCC(C)N=CC(F)(F)F. The molecule has 0 radical (unpaired) electrons. The number of nitrogens with zero attached hydrogens (tertiary/aromatic N) is 1. The molecule has 0 aliphatic heterocycles. The maximum Gasteiger partial charge on any atom is 0.426 e. The summed E-state index contributed by atoms with van der Waals surface area (Å²) in [4.78, 5) is 3.34. The van der Waals surface area contributed by atoms with Crippen molar-refractivity contribution in [1.29, 1.82) is 0 Å². The Balaban J connectivity index is 3.73. The average Bonchev–Trinajstić information content (AvgIpc) is 1.83. The van der Waals surface area contributed by atoms with Crippen molar-refractivity contribution < 1.29 is 13.2 Å². The van der Waals surface area contributed by atoms with E-state index in [1.54, 1.807) is 6.92 Å². The molecule has 0 saturated carbocycles. The molecule has 0 aromatic carbocycles. The van der Waals surface area contributed by atoms with Crippen molar-refractivity contribution in [3.8, 4) is 0 Å². The maximum absolute atomic E-state index is 11.5. The summed E-state index contributed by atoms with van der Waals surface area (Å²) >= 11 is 0. The largest absolute Gasteiger partial charge is 0.426 e. The van der Waals surface area contributed by atoms with Crippen LogP contribution in [-0.2, 0) is 0 Å². The summed E-state index contributed by atoms with van der Waals surface area (Å²) in [5, 5.41) is 0. The molecule has 0 aromatic rings. The van der Waals surface area contributed by atoms with E-state index in [9.17, 15) is 13.2 Å². The van der Waals surface area contributed by atoms with E-state index in [4.69, 9.17) is 0 Å². The Morgan fingerprint density at radius 2 is 2.00 bits per heavy atom. The third-order valence-electron chi connectivity index (χ3n) is 1.18. The fourth-order valence-corrected chi connectivity index (χ4v) is 0.704. The van der Waals surface area contributed by atoms with Gasteiger partial charge >= 0.3 is 6.18 Å². The van der Waals surface area contributed by atoms with Gasteiger partial charge in [-0.05, 0) is 13.3 Å². The summed E-state index contributed by atoms with van der Waals surface area (Å²) in [7, 11) is 0. The van der Waals surface area contributed by atoms with Gasteiger partial charge in [-0.2, -0.15) is 13.2 Å². The van der Waals surface area contributed by atoms with Gasteiger partial charge in [-0.25, -0.2) is 0 Å². The zero-order valence-corrected chi connectivity index (χ0v) is 6.65. The van der Waals surface area contributed by atoms with Crippen LogP contribution >= 0.6 is 0 Å². The van der Waals surface area contributed by atoms with E-state index in [1.165, 1.54) is 0 Å². The second-order valence-corrected chi connectivity index (χ2v) is 2.46. The number of hydrogen-bond donors (Lipinski definition) is 0. The van der Waals surface area contributed by atoms with E-state index in [0.29, 0.717) is 6.42 Å². The van der Waals surface area contributed by atoms with Gasteiger partial charge in [0.25, 0.3) is 0 Å². The highest BCUT2D eigenvalue weighted by Crippen LogP contribution is 2.11. The lowest BCUT2D eigenvalue weighted by atomic mass is 10.2. The van der Waals surface area contributed by atoms with E-state index in [0.717, 1.165) is 6.42 Å². The summed E-state index contributed by atoms with van der Waals surface area (Å²) < 4.78 is 34.5. The fourth-order valence-electron chi connectivity index (χ4n) is 0.704. The smallest absolute Gasteiger partial charge is 0.285 e. The maximum atomic E-state index is 11.5. The van der Waals surface area contributed by atoms with Gasteiger partial charge in [-0.15, -0.1) is 0 Å². The molecule has 1 unspecified atom stereocenters. The normalized spacial score (nSPS) is 15.7. The van der Waals surface area contributed by atoms with Crippen LogP contribution in [-0.4, -0.2) is 18.4 Å². The van der Waals surface area contributed by atoms with Crippen LogP contribution in [0.3, 0.4) is 0 Å². The van der Waals surface area contributed by atoms with Crippen molar-refractivity contribution in [2.24, 2.45) is 4.99 Å². The predicted octanol–water partition coefficient (Wildman–Crippen LogP) is 2.81. The highest BCUT2D eigenvalue weighted by molar-refractivity contribution is 5.64. The number of alkyl halides is 3. The third-order valence-corrected chi connectivity index (χ3v) is 1.18. The van der Waals surface area contributed by atoms with E-state index >= 15 is 0 Å². The lowest BCUT2D eigenvalue weighted by molar-refractivity contribution is -0.0539. The molecular weight excluding hydrogens is 155 g/mol. The fraction of sp³-hybridized carbons (Fsp3) is 0.857. The average molecular weight is 167 g/mol. The Labute approximate surface area is 64.3 Å². The zero-order chi connectivity index (χ0) is 8.91. The van der Waals surface area contributed by atoms with Crippen LogP contribution in [0.25, 0.3) is 0 Å². The molecule has 0 amide bonds. The van der Waals surface area contributed by atoms with Gasteiger partial charge in [0.1, 0.15) is 6.21 Å². The summed E-state index contributed by atoms with van der Waals surface area (Å²) in [5.41, 5.74) is 0.